The van der Waals surface area contributed by atoms with E-state index >= 15 is 0 Å². The van der Waals surface area contributed by atoms with Crippen molar-refractivity contribution in [1.29, 1.82) is 0 Å². The lowest BCUT2D eigenvalue weighted by Crippen LogP contribution is -2.07. The molecule has 0 radical (unpaired) electrons. The molecule has 0 aliphatic rings. The van der Waals surface area contributed by atoms with Crippen molar-refractivity contribution < 1.29 is 14.3 Å². The molecule has 2 aromatic rings. The van der Waals surface area contributed by atoms with Gasteiger partial charge in [0.1, 0.15) is 12.4 Å². The first-order valence-electron chi connectivity index (χ1n) is 6.09. The minimum Gasteiger partial charge on any atom is -0.486 e. The Balaban J connectivity index is 2.11. The number of benzene rings is 2. The zero-order valence-corrected chi connectivity index (χ0v) is 11.7. The maximum absolute atomic E-state index is 12.2. The highest BCUT2D eigenvalue weighted by Crippen LogP contribution is 2.17. The number of hydrogen-bond donors (Lipinski definition) is 0. The summed E-state index contributed by atoms with van der Waals surface area (Å²) >= 11 is 5.79. The van der Waals surface area contributed by atoms with E-state index in [4.69, 9.17) is 16.3 Å². The third-order valence-corrected chi connectivity index (χ3v) is 2.92. The Bertz CT molecular complexity index is 615. The second kappa shape index (κ2) is 6.35. The van der Waals surface area contributed by atoms with Crippen LogP contribution < -0.4 is 4.74 Å². The van der Waals surface area contributed by atoms with Crippen LogP contribution in [-0.2, 0) is 4.79 Å². The highest BCUT2D eigenvalue weighted by molar-refractivity contribution is 6.30. The van der Waals surface area contributed by atoms with E-state index in [9.17, 15) is 9.59 Å². The Kier molecular flexibility index (Phi) is 4.53. The summed E-state index contributed by atoms with van der Waals surface area (Å²) in [4.78, 5) is 23.0. The standard InChI is InChI=1S/C16H13ClO3/c1-11(18)10-20-15-8-4-13(5-9-15)16(19)12-2-6-14(17)7-3-12/h2-9H,10H2,1H3. The molecule has 0 bridgehead atoms. The molecule has 0 saturated carbocycles. The summed E-state index contributed by atoms with van der Waals surface area (Å²) in [5, 5.41) is 0.592. The Hall–Kier alpha value is -2.13. The summed E-state index contributed by atoms with van der Waals surface area (Å²) < 4.78 is 5.25. The second-order valence-corrected chi connectivity index (χ2v) is 4.79. The summed E-state index contributed by atoms with van der Waals surface area (Å²) in [5.74, 6) is 0.430. The SMILES string of the molecule is CC(=O)COc1ccc(C(=O)c2ccc(Cl)cc2)cc1. The van der Waals surface area contributed by atoms with Gasteiger partial charge >= 0.3 is 0 Å². The van der Waals surface area contributed by atoms with Gasteiger partial charge in [-0.25, -0.2) is 0 Å². The molecule has 0 heterocycles. The average molecular weight is 289 g/mol. The Morgan fingerprint density at radius 2 is 1.45 bits per heavy atom. The van der Waals surface area contributed by atoms with Crippen LogP contribution in [0.15, 0.2) is 48.5 Å². The molecule has 0 saturated heterocycles. The Morgan fingerprint density at radius 1 is 0.950 bits per heavy atom. The van der Waals surface area contributed by atoms with Crippen LogP contribution in [0.4, 0.5) is 0 Å². The number of halogens is 1. The lowest BCUT2D eigenvalue weighted by molar-refractivity contribution is -0.118. The van der Waals surface area contributed by atoms with Crippen LogP contribution in [0.25, 0.3) is 0 Å². The number of ether oxygens (including phenoxy) is 1. The molecule has 0 fully saturated rings. The summed E-state index contributed by atoms with van der Waals surface area (Å²) in [6, 6.07) is 13.4. The van der Waals surface area contributed by atoms with Crippen molar-refractivity contribution in [3.63, 3.8) is 0 Å². The predicted octanol–water partition coefficient (Wildman–Crippen LogP) is 3.54. The minimum atomic E-state index is -0.0835. The van der Waals surface area contributed by atoms with Crippen molar-refractivity contribution in [2.45, 2.75) is 6.92 Å². The zero-order chi connectivity index (χ0) is 14.5. The van der Waals surface area contributed by atoms with Crippen molar-refractivity contribution in [2.24, 2.45) is 0 Å². The van der Waals surface area contributed by atoms with E-state index in [0.29, 0.717) is 21.9 Å². The first kappa shape index (κ1) is 14.3. The van der Waals surface area contributed by atoms with Crippen molar-refractivity contribution >= 4 is 23.2 Å². The van der Waals surface area contributed by atoms with E-state index in [2.05, 4.69) is 0 Å². The number of hydrogen-bond acceptors (Lipinski definition) is 3. The maximum Gasteiger partial charge on any atom is 0.193 e. The monoisotopic (exact) mass is 288 g/mol. The largest absolute Gasteiger partial charge is 0.486 e. The molecule has 0 unspecified atom stereocenters. The van der Waals surface area contributed by atoms with E-state index in [0.717, 1.165) is 0 Å². The molecule has 0 N–H and O–H groups in total. The fourth-order valence-corrected chi connectivity index (χ4v) is 1.78. The fourth-order valence-electron chi connectivity index (χ4n) is 1.66. The number of carbonyl (C=O) groups excluding carboxylic acids is 2. The molecule has 0 atom stereocenters. The summed E-state index contributed by atoms with van der Waals surface area (Å²) in [5.41, 5.74) is 1.13. The van der Waals surface area contributed by atoms with Crippen molar-refractivity contribution in [3.8, 4) is 5.75 Å². The molecule has 0 amide bonds. The van der Waals surface area contributed by atoms with Crippen LogP contribution in [0.5, 0.6) is 5.75 Å². The average Bonchev–Trinajstić information content (AvgIpc) is 2.46. The lowest BCUT2D eigenvalue weighted by Gasteiger charge is -2.05. The van der Waals surface area contributed by atoms with Crippen LogP contribution in [0.3, 0.4) is 0 Å². The van der Waals surface area contributed by atoms with Gasteiger partial charge < -0.3 is 4.74 Å². The van der Waals surface area contributed by atoms with E-state index < -0.39 is 0 Å². The van der Waals surface area contributed by atoms with E-state index in [-0.39, 0.29) is 18.2 Å². The van der Waals surface area contributed by atoms with Gasteiger partial charge in [-0.2, -0.15) is 0 Å². The van der Waals surface area contributed by atoms with Gasteiger partial charge in [-0.15, -0.1) is 0 Å². The van der Waals surface area contributed by atoms with Gasteiger partial charge in [0.05, 0.1) is 0 Å². The molecular formula is C16H13ClO3. The Morgan fingerprint density at radius 3 is 1.95 bits per heavy atom. The Labute approximate surface area is 122 Å². The maximum atomic E-state index is 12.2. The number of rotatable bonds is 5. The normalized spacial score (nSPS) is 10.1. The van der Waals surface area contributed by atoms with Gasteiger partial charge in [0.15, 0.2) is 11.6 Å². The molecule has 2 rings (SSSR count). The van der Waals surface area contributed by atoms with Gasteiger partial charge in [-0.1, -0.05) is 11.6 Å². The van der Waals surface area contributed by atoms with E-state index in [1.807, 2.05) is 0 Å². The van der Waals surface area contributed by atoms with Gasteiger partial charge in [0.2, 0.25) is 0 Å². The van der Waals surface area contributed by atoms with Crippen molar-refractivity contribution in [1.82, 2.24) is 0 Å². The number of ketones is 2. The summed E-state index contributed by atoms with van der Waals surface area (Å²) in [6.45, 7) is 1.49. The number of Topliss-reactive ketones (excluding diaryl/α,β-unsaturated/α-hetero) is 1. The smallest absolute Gasteiger partial charge is 0.193 e. The van der Waals surface area contributed by atoms with Crippen LogP contribution in [-0.4, -0.2) is 18.2 Å². The van der Waals surface area contributed by atoms with Gasteiger partial charge in [0, 0.05) is 16.1 Å². The molecule has 0 aliphatic heterocycles. The second-order valence-electron chi connectivity index (χ2n) is 4.35. The van der Waals surface area contributed by atoms with Gasteiger partial charge in [-0.3, -0.25) is 9.59 Å². The highest BCUT2D eigenvalue weighted by atomic mass is 35.5. The molecule has 2 aromatic carbocycles. The molecule has 4 heteroatoms. The summed E-state index contributed by atoms with van der Waals surface area (Å²) in [7, 11) is 0. The van der Waals surface area contributed by atoms with Crippen LogP contribution in [0, 0.1) is 0 Å². The molecule has 0 spiro atoms. The lowest BCUT2D eigenvalue weighted by atomic mass is 10.0. The van der Waals surface area contributed by atoms with Crippen LogP contribution in [0.1, 0.15) is 22.8 Å². The van der Waals surface area contributed by atoms with Gasteiger partial charge in [0.25, 0.3) is 0 Å². The summed E-state index contributed by atoms with van der Waals surface area (Å²) in [6.07, 6.45) is 0. The van der Waals surface area contributed by atoms with Crippen LogP contribution in [0.2, 0.25) is 5.02 Å². The molecule has 102 valence electrons. The fraction of sp³-hybridized carbons (Fsp3) is 0.125. The zero-order valence-electron chi connectivity index (χ0n) is 10.9. The number of carbonyl (C=O) groups is 2. The molecule has 0 aliphatic carbocycles. The molecule has 20 heavy (non-hydrogen) atoms. The molecular weight excluding hydrogens is 276 g/mol. The highest BCUT2D eigenvalue weighted by Gasteiger charge is 2.09. The van der Waals surface area contributed by atoms with Crippen LogP contribution >= 0.6 is 11.6 Å². The molecule has 0 aromatic heterocycles. The van der Waals surface area contributed by atoms with E-state index in [1.54, 1.807) is 48.5 Å². The van der Waals surface area contributed by atoms with Crippen molar-refractivity contribution in [2.75, 3.05) is 6.61 Å². The first-order chi connectivity index (χ1) is 9.56. The third-order valence-electron chi connectivity index (χ3n) is 2.67. The topological polar surface area (TPSA) is 43.4 Å². The predicted molar refractivity (Wildman–Crippen MR) is 77.5 cm³/mol. The minimum absolute atomic E-state index is 0.0322. The molecule has 3 nitrogen and oxygen atoms in total. The van der Waals surface area contributed by atoms with Gasteiger partial charge in [-0.05, 0) is 55.5 Å². The van der Waals surface area contributed by atoms with Crippen molar-refractivity contribution in [3.05, 3.63) is 64.7 Å². The third kappa shape index (κ3) is 3.68. The first-order valence-corrected chi connectivity index (χ1v) is 6.46. The quantitative estimate of drug-likeness (QED) is 0.790. The van der Waals surface area contributed by atoms with E-state index in [1.165, 1.54) is 6.92 Å².